The molecule has 7 nitrogen and oxygen atoms in total. The maximum Gasteiger partial charge on any atom is 0.240 e. The average molecular weight is 374 g/mol. The highest BCUT2D eigenvalue weighted by atomic mass is 35.5. The molecule has 9 heteroatoms. The lowest BCUT2D eigenvalue weighted by Gasteiger charge is -2.15. The molecule has 2 N–H and O–H groups in total. The Balaban J connectivity index is 1.76. The highest BCUT2D eigenvalue weighted by Gasteiger charge is 2.25. The van der Waals surface area contributed by atoms with Gasteiger partial charge in [0.2, 0.25) is 21.8 Å². The normalized spacial score (nSPS) is 17.8. The van der Waals surface area contributed by atoms with Crippen molar-refractivity contribution in [3.8, 4) is 0 Å². The summed E-state index contributed by atoms with van der Waals surface area (Å²) in [7, 11) is -3.66. The molecule has 2 rings (SSSR count). The van der Waals surface area contributed by atoms with Crippen molar-refractivity contribution < 1.29 is 18.0 Å². The highest BCUT2D eigenvalue weighted by Crippen LogP contribution is 2.13. The second-order valence-corrected chi connectivity index (χ2v) is 7.82. The first kappa shape index (κ1) is 18.7. The molecule has 0 saturated carbocycles. The van der Waals surface area contributed by atoms with Crippen LogP contribution in [0.3, 0.4) is 0 Å². The smallest absolute Gasteiger partial charge is 0.240 e. The summed E-state index contributed by atoms with van der Waals surface area (Å²) in [5.41, 5.74) is 0. The van der Waals surface area contributed by atoms with Crippen LogP contribution in [-0.2, 0) is 19.6 Å². The van der Waals surface area contributed by atoms with E-state index in [4.69, 9.17) is 11.6 Å². The van der Waals surface area contributed by atoms with E-state index in [2.05, 4.69) is 10.0 Å². The van der Waals surface area contributed by atoms with Gasteiger partial charge in [-0.3, -0.25) is 9.59 Å². The zero-order valence-electron chi connectivity index (χ0n) is 13.3. The Morgan fingerprint density at radius 3 is 2.54 bits per heavy atom. The van der Waals surface area contributed by atoms with Gasteiger partial charge in [0.25, 0.3) is 0 Å². The summed E-state index contributed by atoms with van der Waals surface area (Å²) in [4.78, 5) is 24.9. The molecule has 1 aliphatic heterocycles. The van der Waals surface area contributed by atoms with E-state index < -0.39 is 10.0 Å². The van der Waals surface area contributed by atoms with Gasteiger partial charge < -0.3 is 10.2 Å². The molecule has 1 aromatic rings. The molecule has 1 atom stereocenters. The number of carbonyl (C=O) groups is 2. The van der Waals surface area contributed by atoms with Crippen molar-refractivity contribution in [3.05, 3.63) is 29.3 Å². The monoisotopic (exact) mass is 373 g/mol. The third kappa shape index (κ3) is 5.19. The van der Waals surface area contributed by atoms with Gasteiger partial charge in [-0.15, -0.1) is 0 Å². The molecule has 2 amide bonds. The molecular weight excluding hydrogens is 354 g/mol. The van der Waals surface area contributed by atoms with Crippen molar-refractivity contribution in [2.24, 2.45) is 0 Å². The third-order valence-electron chi connectivity index (χ3n) is 3.77. The van der Waals surface area contributed by atoms with Gasteiger partial charge in [-0.2, -0.15) is 0 Å². The van der Waals surface area contributed by atoms with Crippen LogP contribution in [0.4, 0.5) is 0 Å². The molecule has 24 heavy (non-hydrogen) atoms. The highest BCUT2D eigenvalue weighted by molar-refractivity contribution is 7.89. The summed E-state index contributed by atoms with van der Waals surface area (Å²) < 4.78 is 26.5. The largest absolute Gasteiger partial charge is 0.351 e. The van der Waals surface area contributed by atoms with E-state index in [1.165, 1.54) is 31.2 Å². The van der Waals surface area contributed by atoms with E-state index in [1.54, 1.807) is 4.90 Å². The number of halogens is 1. The van der Waals surface area contributed by atoms with Crippen molar-refractivity contribution in [1.29, 1.82) is 0 Å². The van der Waals surface area contributed by atoms with Gasteiger partial charge in [-0.1, -0.05) is 11.6 Å². The lowest BCUT2D eigenvalue weighted by Crippen LogP contribution is -2.39. The summed E-state index contributed by atoms with van der Waals surface area (Å²) >= 11 is 5.73. The van der Waals surface area contributed by atoms with Gasteiger partial charge in [0.05, 0.1) is 4.90 Å². The van der Waals surface area contributed by atoms with Crippen molar-refractivity contribution in [1.82, 2.24) is 14.9 Å². The number of hydrogen-bond acceptors (Lipinski definition) is 4. The van der Waals surface area contributed by atoms with Crippen LogP contribution in [0.2, 0.25) is 5.02 Å². The first-order valence-electron chi connectivity index (χ1n) is 7.58. The summed E-state index contributed by atoms with van der Waals surface area (Å²) in [6.07, 6.45) is 0.741. The van der Waals surface area contributed by atoms with Crippen molar-refractivity contribution in [3.63, 3.8) is 0 Å². The number of nitrogens with one attached hydrogen (secondary N) is 2. The van der Waals surface area contributed by atoms with E-state index in [1.807, 2.05) is 0 Å². The second kappa shape index (κ2) is 7.96. The van der Waals surface area contributed by atoms with E-state index in [0.717, 1.165) is 0 Å². The van der Waals surface area contributed by atoms with E-state index in [9.17, 15) is 18.0 Å². The fraction of sp³-hybridized carbons (Fsp3) is 0.467. The molecular formula is C15H20ClN3O4S. The Bertz CT molecular complexity index is 706. The van der Waals surface area contributed by atoms with Crippen LogP contribution in [0.15, 0.2) is 29.2 Å². The average Bonchev–Trinajstić information content (AvgIpc) is 2.96. The van der Waals surface area contributed by atoms with Gasteiger partial charge >= 0.3 is 0 Å². The minimum atomic E-state index is -3.66. The standard InChI is InChI=1S/C15H20ClN3O4S/c1-11(20)19-9-7-13(10-19)18-15(21)6-8-17-24(22,23)14-4-2-12(16)3-5-14/h2-5,13,17H,6-10H2,1H3,(H,18,21)/t13-/m1/s1. The third-order valence-corrected chi connectivity index (χ3v) is 5.50. The van der Waals surface area contributed by atoms with E-state index >= 15 is 0 Å². The molecule has 0 bridgehead atoms. The number of rotatable bonds is 6. The molecule has 1 aliphatic rings. The number of carbonyl (C=O) groups excluding carboxylic acids is 2. The van der Waals surface area contributed by atoms with Crippen LogP contribution in [0.1, 0.15) is 19.8 Å². The van der Waals surface area contributed by atoms with Crippen LogP contribution in [0.5, 0.6) is 0 Å². The molecule has 0 aliphatic carbocycles. The van der Waals surface area contributed by atoms with E-state index in [-0.39, 0.29) is 35.7 Å². The van der Waals surface area contributed by atoms with Crippen LogP contribution >= 0.6 is 11.6 Å². The lowest BCUT2D eigenvalue weighted by atomic mass is 10.2. The minimum absolute atomic E-state index is 0.0000638. The van der Waals surface area contributed by atoms with Crippen molar-refractivity contribution >= 4 is 33.4 Å². The molecule has 1 saturated heterocycles. The Hall–Kier alpha value is -1.64. The number of amides is 2. The Kier molecular flexibility index (Phi) is 6.20. The molecule has 0 spiro atoms. The Morgan fingerprint density at radius 2 is 1.96 bits per heavy atom. The topological polar surface area (TPSA) is 95.6 Å². The first-order valence-corrected chi connectivity index (χ1v) is 9.44. The minimum Gasteiger partial charge on any atom is -0.351 e. The fourth-order valence-electron chi connectivity index (χ4n) is 2.46. The zero-order chi connectivity index (χ0) is 17.7. The maximum absolute atomic E-state index is 12.1. The van der Waals surface area contributed by atoms with Gasteiger partial charge in [0.1, 0.15) is 0 Å². The van der Waals surface area contributed by atoms with E-state index in [0.29, 0.717) is 24.5 Å². The molecule has 0 aromatic heterocycles. The number of nitrogens with zero attached hydrogens (tertiary/aromatic N) is 1. The second-order valence-electron chi connectivity index (χ2n) is 5.62. The van der Waals surface area contributed by atoms with Crippen LogP contribution in [0, 0.1) is 0 Å². The number of likely N-dealkylation sites (tertiary alicyclic amines) is 1. The van der Waals surface area contributed by atoms with Crippen LogP contribution in [0.25, 0.3) is 0 Å². The zero-order valence-corrected chi connectivity index (χ0v) is 14.9. The number of benzene rings is 1. The van der Waals surface area contributed by atoms with Crippen molar-refractivity contribution in [2.75, 3.05) is 19.6 Å². The van der Waals surface area contributed by atoms with Gasteiger partial charge in [-0.05, 0) is 30.7 Å². The molecule has 132 valence electrons. The fourth-order valence-corrected chi connectivity index (χ4v) is 3.62. The van der Waals surface area contributed by atoms with Gasteiger partial charge in [-0.25, -0.2) is 13.1 Å². The summed E-state index contributed by atoms with van der Waals surface area (Å²) in [5, 5.41) is 3.26. The lowest BCUT2D eigenvalue weighted by molar-refractivity contribution is -0.128. The summed E-state index contributed by atoms with van der Waals surface area (Å²) in [6, 6.07) is 5.71. The SMILES string of the molecule is CC(=O)N1CC[C@@H](NC(=O)CCNS(=O)(=O)c2ccc(Cl)cc2)C1. The molecule has 0 unspecified atom stereocenters. The van der Waals surface area contributed by atoms with Gasteiger partial charge in [0.15, 0.2) is 0 Å². The summed E-state index contributed by atoms with van der Waals surface area (Å²) in [5.74, 6) is -0.258. The Labute approximate surface area is 146 Å². The molecule has 1 fully saturated rings. The van der Waals surface area contributed by atoms with Gasteiger partial charge in [0, 0.05) is 44.0 Å². The van der Waals surface area contributed by atoms with Crippen molar-refractivity contribution in [2.45, 2.75) is 30.7 Å². The maximum atomic E-state index is 12.1. The summed E-state index contributed by atoms with van der Waals surface area (Å²) in [6.45, 7) is 2.62. The molecule has 1 heterocycles. The quantitative estimate of drug-likeness (QED) is 0.769. The number of hydrogen-bond donors (Lipinski definition) is 2. The predicted octanol–water partition coefficient (Wildman–Crippen LogP) is 0.745. The predicted molar refractivity (Wildman–Crippen MR) is 90.1 cm³/mol. The van der Waals surface area contributed by atoms with Crippen LogP contribution in [-0.4, -0.2) is 50.8 Å². The molecule has 0 radical (unpaired) electrons. The molecule has 1 aromatic carbocycles. The Morgan fingerprint density at radius 1 is 1.29 bits per heavy atom. The van der Waals surface area contributed by atoms with Crippen LogP contribution < -0.4 is 10.0 Å². The number of sulfonamides is 1. The first-order chi connectivity index (χ1) is 11.3.